The Kier molecular flexibility index (Phi) is 6.01. The molecule has 6 rings (SSSR count). The summed E-state index contributed by atoms with van der Waals surface area (Å²) in [5.74, 6) is -0.586. The summed E-state index contributed by atoms with van der Waals surface area (Å²) < 4.78 is 54.0. The third kappa shape index (κ3) is 4.57. The maximum atomic E-state index is 13.5. The highest BCUT2D eigenvalue weighted by atomic mass is 32.2. The lowest BCUT2D eigenvalue weighted by atomic mass is 9.79. The van der Waals surface area contributed by atoms with E-state index >= 15 is 0 Å². The lowest BCUT2D eigenvalue weighted by Crippen LogP contribution is -2.28. The molecular formula is C27H24BFN2O6S. The Hall–Kier alpha value is -3.67. The van der Waals surface area contributed by atoms with Crippen LogP contribution in [-0.2, 0) is 27.0 Å². The molecule has 1 saturated carbocycles. The molecule has 38 heavy (non-hydrogen) atoms. The number of hydrogen-bond donors (Lipinski definition) is 3. The van der Waals surface area contributed by atoms with Gasteiger partial charge in [-0.15, -0.1) is 0 Å². The summed E-state index contributed by atoms with van der Waals surface area (Å²) in [6, 6.07) is 14.2. The van der Waals surface area contributed by atoms with Crippen molar-refractivity contribution in [2.45, 2.75) is 31.1 Å². The minimum Gasteiger partial charge on any atom is -0.455 e. The first-order chi connectivity index (χ1) is 18.2. The summed E-state index contributed by atoms with van der Waals surface area (Å²) >= 11 is 0. The second kappa shape index (κ2) is 9.26. The van der Waals surface area contributed by atoms with Crippen LogP contribution in [0.15, 0.2) is 59.0 Å². The molecule has 0 atom stereocenters. The molecule has 2 heterocycles. The summed E-state index contributed by atoms with van der Waals surface area (Å²) in [5, 5.41) is 13.0. The van der Waals surface area contributed by atoms with E-state index in [0.717, 1.165) is 24.0 Å². The number of benzene rings is 3. The third-order valence-electron chi connectivity index (χ3n) is 6.93. The van der Waals surface area contributed by atoms with Gasteiger partial charge in [0.25, 0.3) is 5.91 Å². The van der Waals surface area contributed by atoms with E-state index in [1.807, 2.05) is 6.07 Å². The van der Waals surface area contributed by atoms with Gasteiger partial charge in [0.05, 0.1) is 23.6 Å². The number of rotatable bonds is 7. The van der Waals surface area contributed by atoms with Crippen molar-refractivity contribution in [1.29, 1.82) is 0 Å². The molecule has 2 aliphatic rings. The zero-order chi connectivity index (χ0) is 26.6. The topological polar surface area (TPSA) is 118 Å². The lowest BCUT2D eigenvalue weighted by molar-refractivity contribution is 0.0964. The fourth-order valence-corrected chi connectivity index (χ4v) is 6.13. The maximum Gasteiger partial charge on any atom is 0.491 e. The molecule has 194 valence electrons. The Morgan fingerprint density at radius 3 is 2.61 bits per heavy atom. The van der Waals surface area contributed by atoms with Crippen molar-refractivity contribution in [3.8, 4) is 11.3 Å². The molecule has 0 radical (unpaired) electrons. The number of anilines is 1. The monoisotopic (exact) mass is 534 g/mol. The van der Waals surface area contributed by atoms with Crippen LogP contribution in [0.4, 0.5) is 10.1 Å². The smallest absolute Gasteiger partial charge is 0.455 e. The largest absolute Gasteiger partial charge is 0.491 e. The minimum absolute atomic E-state index is 0.164. The maximum absolute atomic E-state index is 13.5. The van der Waals surface area contributed by atoms with Crippen LogP contribution in [-0.4, -0.2) is 33.5 Å². The predicted molar refractivity (Wildman–Crippen MR) is 142 cm³/mol. The molecule has 3 N–H and O–H groups in total. The normalized spacial score (nSPS) is 15.1. The summed E-state index contributed by atoms with van der Waals surface area (Å²) in [7, 11) is -3.28. The van der Waals surface area contributed by atoms with E-state index in [2.05, 4.69) is 10.0 Å². The van der Waals surface area contributed by atoms with Crippen molar-refractivity contribution >= 4 is 45.2 Å². The number of carbonyl (C=O) groups excluding carboxylic acids is 1. The third-order valence-corrected chi connectivity index (χ3v) is 8.17. The van der Waals surface area contributed by atoms with Crippen LogP contribution in [0.2, 0.25) is 0 Å². The fraction of sp³-hybridized carbons (Fsp3) is 0.222. The molecule has 0 saturated heterocycles. The molecule has 0 unspecified atom stereocenters. The van der Waals surface area contributed by atoms with E-state index in [9.17, 15) is 22.6 Å². The molecule has 0 bridgehead atoms. The summed E-state index contributed by atoms with van der Waals surface area (Å²) in [6.07, 6.45) is 1.82. The first-order valence-electron chi connectivity index (χ1n) is 12.2. The highest BCUT2D eigenvalue weighted by Gasteiger charge is 2.31. The summed E-state index contributed by atoms with van der Waals surface area (Å²) in [4.78, 5) is 12.9. The number of halogens is 1. The lowest BCUT2D eigenvalue weighted by Gasteiger charge is -2.13. The van der Waals surface area contributed by atoms with Crippen LogP contribution in [0, 0.1) is 5.82 Å². The van der Waals surface area contributed by atoms with Crippen LogP contribution in [0.1, 0.15) is 45.8 Å². The Labute approximate surface area is 219 Å². The Balaban J connectivity index is 1.39. The van der Waals surface area contributed by atoms with Gasteiger partial charge in [-0.2, -0.15) is 0 Å². The molecule has 1 aliphatic heterocycles. The highest BCUT2D eigenvalue weighted by molar-refractivity contribution is 7.91. The van der Waals surface area contributed by atoms with E-state index in [1.165, 1.54) is 31.3 Å². The van der Waals surface area contributed by atoms with Gasteiger partial charge in [-0.1, -0.05) is 18.2 Å². The fourth-order valence-electron chi connectivity index (χ4n) is 4.93. The van der Waals surface area contributed by atoms with Crippen LogP contribution in [0.25, 0.3) is 22.3 Å². The molecule has 1 aliphatic carbocycles. The molecule has 1 amide bonds. The van der Waals surface area contributed by atoms with Crippen molar-refractivity contribution in [3.05, 3.63) is 82.7 Å². The quantitative estimate of drug-likeness (QED) is 0.312. The molecular weight excluding hydrogens is 510 g/mol. The van der Waals surface area contributed by atoms with Crippen LogP contribution in [0.5, 0.6) is 0 Å². The van der Waals surface area contributed by atoms with Gasteiger partial charge in [0.2, 0.25) is 10.0 Å². The molecule has 11 heteroatoms. The van der Waals surface area contributed by atoms with Gasteiger partial charge in [-0.05, 0) is 71.2 Å². The van der Waals surface area contributed by atoms with Crippen LogP contribution < -0.4 is 15.5 Å². The number of fused-ring (bicyclic) bond motifs is 2. The SMILES string of the molecule is CNC(=O)c1c(-c2ccc(F)cc2)oc2cc(NS(=O)(=O)Cc3ccc4c(c3)COB4O)c(C3CC3)cc12. The molecule has 3 aromatic carbocycles. The van der Waals surface area contributed by atoms with E-state index in [0.29, 0.717) is 38.8 Å². The molecule has 4 aromatic rings. The number of amides is 1. The van der Waals surface area contributed by atoms with Crippen molar-refractivity contribution in [3.63, 3.8) is 0 Å². The van der Waals surface area contributed by atoms with Crippen molar-refractivity contribution in [2.75, 3.05) is 11.8 Å². The Morgan fingerprint density at radius 1 is 1.13 bits per heavy atom. The van der Waals surface area contributed by atoms with Gasteiger partial charge in [-0.25, -0.2) is 12.8 Å². The first kappa shape index (κ1) is 24.7. The highest BCUT2D eigenvalue weighted by Crippen LogP contribution is 2.47. The molecule has 0 spiro atoms. The van der Waals surface area contributed by atoms with Crippen molar-refractivity contribution in [2.24, 2.45) is 0 Å². The van der Waals surface area contributed by atoms with E-state index < -0.39 is 23.0 Å². The second-order valence-corrected chi connectivity index (χ2v) is 11.4. The number of hydrogen-bond acceptors (Lipinski definition) is 6. The average molecular weight is 534 g/mol. The number of sulfonamides is 1. The molecule has 8 nitrogen and oxygen atoms in total. The number of furan rings is 1. The second-order valence-electron chi connectivity index (χ2n) is 9.66. The van der Waals surface area contributed by atoms with E-state index in [-0.39, 0.29) is 29.9 Å². The standard InChI is InChI=1S/C27H24BFN2O6S/c1-30-27(32)25-21-11-20(16-3-4-16)23(12-24(21)37-26(25)17-5-7-19(29)8-6-17)31-38(34,35)14-15-2-9-22-18(10-15)13-36-28(22)33/h2,5-12,16,31,33H,3-4,13-14H2,1H3,(H,30,32). The molecule has 1 fully saturated rings. The summed E-state index contributed by atoms with van der Waals surface area (Å²) in [5.41, 5.74) is 4.36. The van der Waals surface area contributed by atoms with Gasteiger partial charge in [0, 0.05) is 24.1 Å². The average Bonchev–Trinajstić information content (AvgIpc) is 3.57. The number of carbonyl (C=O) groups is 1. The van der Waals surface area contributed by atoms with Crippen LogP contribution in [0.3, 0.4) is 0 Å². The zero-order valence-corrected chi connectivity index (χ0v) is 21.3. The van der Waals surface area contributed by atoms with Gasteiger partial charge in [0.15, 0.2) is 0 Å². The van der Waals surface area contributed by atoms with Crippen molar-refractivity contribution < 1.29 is 31.7 Å². The van der Waals surface area contributed by atoms with Crippen LogP contribution >= 0.6 is 0 Å². The summed E-state index contributed by atoms with van der Waals surface area (Å²) in [6.45, 7) is 0.225. The minimum atomic E-state index is -3.81. The Bertz CT molecular complexity index is 1680. The van der Waals surface area contributed by atoms with E-state index in [4.69, 9.17) is 9.07 Å². The predicted octanol–water partition coefficient (Wildman–Crippen LogP) is 3.64. The van der Waals surface area contributed by atoms with E-state index in [1.54, 1.807) is 24.3 Å². The van der Waals surface area contributed by atoms with Gasteiger partial charge in [0.1, 0.15) is 17.2 Å². The Morgan fingerprint density at radius 2 is 1.89 bits per heavy atom. The van der Waals surface area contributed by atoms with Crippen molar-refractivity contribution in [1.82, 2.24) is 5.32 Å². The first-order valence-corrected chi connectivity index (χ1v) is 13.9. The number of nitrogens with one attached hydrogen (secondary N) is 2. The van der Waals surface area contributed by atoms with Gasteiger partial charge >= 0.3 is 7.12 Å². The zero-order valence-electron chi connectivity index (χ0n) is 20.5. The van der Waals surface area contributed by atoms with Gasteiger partial charge in [-0.3, -0.25) is 9.52 Å². The van der Waals surface area contributed by atoms with Gasteiger partial charge < -0.3 is 19.4 Å². The molecule has 1 aromatic heterocycles.